The number of rotatable bonds is 11. The molecular formula is C29H32N2O6. The van der Waals surface area contributed by atoms with Crippen LogP contribution in [0.1, 0.15) is 66.8 Å². The molecule has 194 valence electrons. The first-order chi connectivity index (χ1) is 17.9. The molecule has 0 spiro atoms. The van der Waals surface area contributed by atoms with Crippen LogP contribution in [-0.2, 0) is 16.1 Å². The summed E-state index contributed by atoms with van der Waals surface area (Å²) in [5.74, 6) is -1.05. The molecule has 0 aliphatic carbocycles. The summed E-state index contributed by atoms with van der Waals surface area (Å²) in [4.78, 5) is 38.9. The number of aryl methyl sites for hydroxylation is 1. The van der Waals surface area contributed by atoms with Crippen molar-refractivity contribution < 1.29 is 24.2 Å². The number of carbonyl (C=O) groups excluding carboxylic acids is 1. The number of amides is 1. The van der Waals surface area contributed by atoms with Crippen LogP contribution in [0.4, 0.5) is 0 Å². The molecule has 37 heavy (non-hydrogen) atoms. The highest BCUT2D eigenvalue weighted by molar-refractivity contribution is 5.84. The quantitative estimate of drug-likeness (QED) is 0.397. The molecule has 1 aliphatic rings. The standard InChI is InChI=1S/C29H32N2O6/c1-3-4-10-22(23-13-19(2)16-31(29(23)35)17-20-8-6-5-7-9-20)28(34)30-24(15-27(32)33)21-11-12-25-26(14-21)37-18-36-25/h5-9,11-14,16,22,24H,3-4,10,15,17-18H2,1-2H3,(H,30,34)(H,32,33)/t22-,24+/m1/s1. The number of aliphatic carboxylic acids is 1. The lowest BCUT2D eigenvalue weighted by molar-refractivity contribution is -0.137. The molecule has 0 saturated carbocycles. The molecule has 0 fully saturated rings. The molecule has 2 atom stereocenters. The van der Waals surface area contributed by atoms with Gasteiger partial charge in [0.15, 0.2) is 11.5 Å². The summed E-state index contributed by atoms with van der Waals surface area (Å²) < 4.78 is 12.4. The first-order valence-corrected chi connectivity index (χ1v) is 12.5. The highest BCUT2D eigenvalue weighted by Gasteiger charge is 2.28. The summed E-state index contributed by atoms with van der Waals surface area (Å²) in [6.45, 7) is 4.42. The van der Waals surface area contributed by atoms with Crippen molar-refractivity contribution in [3.05, 3.63) is 93.4 Å². The van der Waals surface area contributed by atoms with Gasteiger partial charge in [-0.15, -0.1) is 0 Å². The lowest BCUT2D eigenvalue weighted by atomic mass is 9.91. The van der Waals surface area contributed by atoms with Crippen LogP contribution in [0, 0.1) is 6.92 Å². The third kappa shape index (κ3) is 6.39. The number of ether oxygens (including phenoxy) is 2. The lowest BCUT2D eigenvalue weighted by Gasteiger charge is -2.23. The van der Waals surface area contributed by atoms with Gasteiger partial charge in [0.05, 0.1) is 24.9 Å². The van der Waals surface area contributed by atoms with Gasteiger partial charge in [-0.05, 0) is 48.2 Å². The van der Waals surface area contributed by atoms with Crippen molar-refractivity contribution in [3.8, 4) is 11.5 Å². The highest BCUT2D eigenvalue weighted by Crippen LogP contribution is 2.35. The fourth-order valence-electron chi connectivity index (χ4n) is 4.63. The molecule has 1 aromatic heterocycles. The van der Waals surface area contributed by atoms with Crippen LogP contribution >= 0.6 is 0 Å². The molecule has 2 aromatic carbocycles. The third-order valence-electron chi connectivity index (χ3n) is 6.48. The van der Waals surface area contributed by atoms with Gasteiger partial charge in [-0.25, -0.2) is 0 Å². The van der Waals surface area contributed by atoms with Crippen molar-refractivity contribution in [2.24, 2.45) is 0 Å². The molecule has 0 saturated heterocycles. The summed E-state index contributed by atoms with van der Waals surface area (Å²) in [5.41, 5.74) is 2.66. The molecule has 0 unspecified atom stereocenters. The second-order valence-corrected chi connectivity index (χ2v) is 9.36. The van der Waals surface area contributed by atoms with E-state index in [4.69, 9.17) is 9.47 Å². The second kappa shape index (κ2) is 11.8. The second-order valence-electron chi connectivity index (χ2n) is 9.36. The molecule has 0 bridgehead atoms. The fraction of sp³-hybridized carbons (Fsp3) is 0.345. The first kappa shape index (κ1) is 26.0. The van der Waals surface area contributed by atoms with Crippen molar-refractivity contribution in [1.82, 2.24) is 9.88 Å². The molecule has 2 heterocycles. The Morgan fingerprint density at radius 3 is 2.57 bits per heavy atom. The molecular weight excluding hydrogens is 472 g/mol. The molecule has 4 rings (SSSR count). The van der Waals surface area contributed by atoms with E-state index < -0.39 is 17.9 Å². The summed E-state index contributed by atoms with van der Waals surface area (Å²) in [7, 11) is 0. The highest BCUT2D eigenvalue weighted by atomic mass is 16.7. The molecule has 3 aromatic rings. The van der Waals surface area contributed by atoms with Gasteiger partial charge in [-0.3, -0.25) is 14.4 Å². The number of fused-ring (bicyclic) bond motifs is 1. The average Bonchev–Trinajstić information content (AvgIpc) is 3.35. The number of hydrogen-bond donors (Lipinski definition) is 2. The Morgan fingerprint density at radius 1 is 1.08 bits per heavy atom. The lowest BCUT2D eigenvalue weighted by Crippen LogP contribution is -2.37. The van der Waals surface area contributed by atoms with Crippen molar-refractivity contribution in [1.29, 1.82) is 0 Å². The topological polar surface area (TPSA) is 107 Å². The van der Waals surface area contributed by atoms with E-state index in [0.717, 1.165) is 24.0 Å². The Bertz CT molecular complexity index is 1320. The smallest absolute Gasteiger partial charge is 0.305 e. The summed E-state index contributed by atoms with van der Waals surface area (Å²) in [6, 6.07) is 15.8. The largest absolute Gasteiger partial charge is 0.481 e. The number of carboxylic acid groups (broad SMARTS) is 1. The molecule has 8 heteroatoms. The maximum absolute atomic E-state index is 13.7. The van der Waals surface area contributed by atoms with E-state index in [1.165, 1.54) is 0 Å². The van der Waals surface area contributed by atoms with Crippen molar-refractivity contribution >= 4 is 11.9 Å². The van der Waals surface area contributed by atoms with Gasteiger partial charge in [-0.1, -0.05) is 56.2 Å². The number of hydrogen-bond acceptors (Lipinski definition) is 5. The Labute approximate surface area is 215 Å². The zero-order chi connectivity index (χ0) is 26.4. The summed E-state index contributed by atoms with van der Waals surface area (Å²) in [5, 5.41) is 12.5. The zero-order valence-corrected chi connectivity index (χ0v) is 21.1. The number of unbranched alkanes of at least 4 members (excludes halogenated alkanes) is 1. The number of aromatic nitrogens is 1. The van der Waals surface area contributed by atoms with Gasteiger partial charge in [0.1, 0.15) is 0 Å². The maximum Gasteiger partial charge on any atom is 0.305 e. The molecule has 1 aliphatic heterocycles. The van der Waals surface area contributed by atoms with E-state index in [9.17, 15) is 19.5 Å². The van der Waals surface area contributed by atoms with E-state index >= 15 is 0 Å². The first-order valence-electron chi connectivity index (χ1n) is 12.5. The van der Waals surface area contributed by atoms with Gasteiger partial charge in [0.2, 0.25) is 12.7 Å². The van der Waals surface area contributed by atoms with E-state index in [1.54, 1.807) is 35.0 Å². The number of carbonyl (C=O) groups is 2. The molecule has 2 N–H and O–H groups in total. The van der Waals surface area contributed by atoms with E-state index in [0.29, 0.717) is 35.6 Å². The van der Waals surface area contributed by atoms with E-state index in [-0.39, 0.29) is 24.7 Å². The number of pyridine rings is 1. The summed E-state index contributed by atoms with van der Waals surface area (Å²) in [6.07, 6.45) is 3.57. The van der Waals surface area contributed by atoms with Crippen molar-refractivity contribution in [2.45, 2.75) is 58.0 Å². The summed E-state index contributed by atoms with van der Waals surface area (Å²) >= 11 is 0. The fourth-order valence-corrected chi connectivity index (χ4v) is 4.63. The minimum Gasteiger partial charge on any atom is -0.481 e. The number of nitrogens with one attached hydrogen (secondary N) is 1. The van der Waals surface area contributed by atoms with Crippen LogP contribution in [0.15, 0.2) is 65.6 Å². The number of benzene rings is 2. The van der Waals surface area contributed by atoms with E-state index in [2.05, 4.69) is 5.32 Å². The minimum absolute atomic E-state index is 0.0937. The van der Waals surface area contributed by atoms with Gasteiger partial charge in [0, 0.05) is 11.8 Å². The Hall–Kier alpha value is -4.07. The number of nitrogens with zero attached hydrogens (tertiary/aromatic N) is 1. The normalized spacial score (nSPS) is 13.7. The van der Waals surface area contributed by atoms with Crippen LogP contribution < -0.4 is 20.3 Å². The minimum atomic E-state index is -1.05. The SMILES string of the molecule is CCCC[C@@H](C(=O)N[C@@H](CC(=O)O)c1ccc2c(c1)OCO2)c1cc(C)cn(Cc2ccccc2)c1=O. The van der Waals surface area contributed by atoms with Gasteiger partial charge in [0.25, 0.3) is 5.56 Å². The van der Waals surface area contributed by atoms with Crippen LogP contribution in [0.3, 0.4) is 0 Å². The Balaban J connectivity index is 1.65. The maximum atomic E-state index is 13.7. The van der Waals surface area contributed by atoms with Gasteiger partial charge in [-0.2, -0.15) is 0 Å². The Morgan fingerprint density at radius 2 is 1.84 bits per heavy atom. The van der Waals surface area contributed by atoms with Crippen LogP contribution in [-0.4, -0.2) is 28.3 Å². The van der Waals surface area contributed by atoms with Crippen LogP contribution in [0.5, 0.6) is 11.5 Å². The molecule has 1 amide bonds. The van der Waals surface area contributed by atoms with Crippen molar-refractivity contribution in [2.75, 3.05) is 6.79 Å². The third-order valence-corrected chi connectivity index (χ3v) is 6.48. The van der Waals surface area contributed by atoms with Gasteiger partial charge < -0.3 is 24.5 Å². The van der Waals surface area contributed by atoms with E-state index in [1.807, 2.05) is 44.2 Å². The Kier molecular flexibility index (Phi) is 8.28. The van der Waals surface area contributed by atoms with Crippen molar-refractivity contribution in [3.63, 3.8) is 0 Å². The number of carboxylic acids is 1. The molecule has 8 nitrogen and oxygen atoms in total. The zero-order valence-electron chi connectivity index (χ0n) is 21.1. The molecule has 0 radical (unpaired) electrons. The predicted octanol–water partition coefficient (Wildman–Crippen LogP) is 4.54. The van der Waals surface area contributed by atoms with Crippen LogP contribution in [0.25, 0.3) is 0 Å². The van der Waals surface area contributed by atoms with Gasteiger partial charge >= 0.3 is 5.97 Å². The van der Waals surface area contributed by atoms with Crippen LogP contribution in [0.2, 0.25) is 0 Å². The average molecular weight is 505 g/mol. The monoisotopic (exact) mass is 504 g/mol. The predicted molar refractivity (Wildman–Crippen MR) is 139 cm³/mol.